The molecule has 0 N–H and O–H groups in total. The van der Waals surface area contributed by atoms with Gasteiger partial charge in [0.2, 0.25) is 0 Å². The van der Waals surface area contributed by atoms with Crippen LogP contribution in [0.1, 0.15) is 0 Å². The molecule has 0 aliphatic carbocycles. The molecule has 0 saturated heterocycles. The number of rotatable bonds is 1. The first-order chi connectivity index (χ1) is 9.49. The highest BCUT2D eigenvalue weighted by molar-refractivity contribution is 6.63. The SMILES string of the molecule is Fc1cc(B2Oc3cccc(F)c3O2)c(F)c(F)c1F. The molecule has 8 heteroatoms. The molecule has 0 unspecified atom stereocenters. The summed E-state index contributed by atoms with van der Waals surface area (Å²) in [5, 5.41) is 0. The first-order valence-corrected chi connectivity index (χ1v) is 5.43. The molecule has 2 aromatic rings. The van der Waals surface area contributed by atoms with Gasteiger partial charge in [-0.15, -0.1) is 0 Å². The van der Waals surface area contributed by atoms with Gasteiger partial charge in [0.15, 0.2) is 34.8 Å². The predicted molar refractivity (Wildman–Crippen MR) is 59.3 cm³/mol. The Morgan fingerprint density at radius 1 is 0.800 bits per heavy atom. The second-order valence-corrected chi connectivity index (χ2v) is 4.02. The van der Waals surface area contributed by atoms with Crippen molar-refractivity contribution in [3.63, 3.8) is 0 Å². The molecular weight excluding hydrogens is 282 g/mol. The van der Waals surface area contributed by atoms with Gasteiger partial charge >= 0.3 is 7.12 Å². The molecule has 2 aromatic carbocycles. The second kappa shape index (κ2) is 4.40. The Morgan fingerprint density at radius 2 is 1.55 bits per heavy atom. The van der Waals surface area contributed by atoms with Crippen LogP contribution < -0.4 is 14.8 Å². The van der Waals surface area contributed by atoms with Gasteiger partial charge in [-0.2, -0.15) is 0 Å². The maximum Gasteiger partial charge on any atom is 0.636 e. The average molecular weight is 286 g/mol. The van der Waals surface area contributed by atoms with Crippen LogP contribution in [0.3, 0.4) is 0 Å². The molecule has 20 heavy (non-hydrogen) atoms. The van der Waals surface area contributed by atoms with Crippen LogP contribution in [0, 0.1) is 29.1 Å². The predicted octanol–water partition coefficient (Wildman–Crippen LogP) is 2.55. The Labute approximate surface area is 109 Å². The Morgan fingerprint density at radius 3 is 2.25 bits per heavy atom. The first kappa shape index (κ1) is 12.8. The normalized spacial score (nSPS) is 12.9. The van der Waals surface area contributed by atoms with Crippen molar-refractivity contribution < 1.29 is 31.3 Å². The maximum atomic E-state index is 13.6. The van der Waals surface area contributed by atoms with Crippen LogP contribution in [0.4, 0.5) is 22.0 Å². The highest BCUT2D eigenvalue weighted by atomic mass is 19.2. The van der Waals surface area contributed by atoms with E-state index in [0.717, 1.165) is 6.07 Å². The largest absolute Gasteiger partial charge is 0.636 e. The average Bonchev–Trinajstić information content (AvgIpc) is 2.86. The van der Waals surface area contributed by atoms with Crippen LogP contribution in [0.2, 0.25) is 0 Å². The van der Waals surface area contributed by atoms with Gasteiger partial charge in [0.25, 0.3) is 0 Å². The minimum atomic E-state index is -1.98. The van der Waals surface area contributed by atoms with Gasteiger partial charge in [-0.1, -0.05) is 6.07 Å². The minimum Gasteiger partial charge on any atom is -0.519 e. The lowest BCUT2D eigenvalue weighted by Gasteiger charge is -2.07. The number of para-hydroxylation sites is 1. The molecular formula is C12H4BF5O2. The summed E-state index contributed by atoms with van der Waals surface area (Å²) in [6.07, 6.45) is 0. The lowest BCUT2D eigenvalue weighted by atomic mass is 9.78. The van der Waals surface area contributed by atoms with Crippen LogP contribution in [-0.2, 0) is 0 Å². The van der Waals surface area contributed by atoms with E-state index in [2.05, 4.69) is 0 Å². The van der Waals surface area contributed by atoms with E-state index in [9.17, 15) is 22.0 Å². The monoisotopic (exact) mass is 286 g/mol. The fraction of sp³-hybridized carbons (Fsp3) is 0. The molecule has 1 aliphatic rings. The van der Waals surface area contributed by atoms with E-state index in [-0.39, 0.29) is 11.5 Å². The Hall–Kier alpha value is -2.25. The van der Waals surface area contributed by atoms with Gasteiger partial charge in [0.05, 0.1) is 5.46 Å². The fourth-order valence-corrected chi connectivity index (χ4v) is 1.83. The van der Waals surface area contributed by atoms with Crippen molar-refractivity contribution in [1.29, 1.82) is 0 Å². The minimum absolute atomic E-state index is 0.0421. The highest BCUT2D eigenvalue weighted by Crippen LogP contribution is 2.35. The summed E-state index contributed by atoms with van der Waals surface area (Å²) < 4.78 is 76.1. The molecule has 102 valence electrons. The van der Waals surface area contributed by atoms with Crippen LogP contribution in [0.15, 0.2) is 24.3 Å². The van der Waals surface area contributed by atoms with E-state index in [4.69, 9.17) is 9.31 Å². The van der Waals surface area contributed by atoms with Crippen molar-refractivity contribution in [2.24, 2.45) is 0 Å². The summed E-state index contributed by atoms with van der Waals surface area (Å²) in [7, 11) is -1.59. The zero-order chi connectivity index (χ0) is 14.4. The first-order valence-electron chi connectivity index (χ1n) is 5.43. The molecule has 2 nitrogen and oxygen atoms in total. The van der Waals surface area contributed by atoms with Crippen LogP contribution in [0.5, 0.6) is 11.5 Å². The van der Waals surface area contributed by atoms with E-state index in [1.165, 1.54) is 12.1 Å². The standard InChI is InChI=1S/C12H4BF5O2/c14-6-2-1-3-8-12(6)20-13(19-8)5-4-7(15)10(17)11(18)9(5)16/h1-4H. The van der Waals surface area contributed by atoms with Crippen molar-refractivity contribution in [2.45, 2.75) is 0 Å². The summed E-state index contributed by atoms with van der Waals surface area (Å²) in [4.78, 5) is 0. The van der Waals surface area contributed by atoms with Crippen LogP contribution in [0.25, 0.3) is 0 Å². The molecule has 0 atom stereocenters. The highest BCUT2D eigenvalue weighted by Gasteiger charge is 2.40. The zero-order valence-corrected chi connectivity index (χ0v) is 9.59. The van der Waals surface area contributed by atoms with E-state index in [1.807, 2.05) is 0 Å². The molecule has 0 radical (unpaired) electrons. The third kappa shape index (κ3) is 1.79. The third-order valence-corrected chi connectivity index (χ3v) is 2.77. The van der Waals surface area contributed by atoms with E-state index >= 15 is 0 Å². The molecule has 3 rings (SSSR count). The quantitative estimate of drug-likeness (QED) is 0.347. The number of hydrogen-bond acceptors (Lipinski definition) is 2. The van der Waals surface area contributed by atoms with E-state index in [0.29, 0.717) is 6.07 Å². The molecule has 1 aliphatic heterocycles. The van der Waals surface area contributed by atoms with Crippen molar-refractivity contribution in [1.82, 2.24) is 0 Å². The third-order valence-electron chi connectivity index (χ3n) is 2.77. The summed E-state index contributed by atoms with van der Waals surface area (Å²) in [6.45, 7) is 0. The van der Waals surface area contributed by atoms with E-state index in [1.54, 1.807) is 0 Å². The smallest absolute Gasteiger partial charge is 0.519 e. The van der Waals surface area contributed by atoms with Crippen LogP contribution >= 0.6 is 0 Å². The Bertz CT molecular complexity index is 707. The number of benzene rings is 2. The van der Waals surface area contributed by atoms with E-state index < -0.39 is 41.7 Å². The van der Waals surface area contributed by atoms with Gasteiger partial charge in [0, 0.05) is 0 Å². The number of hydrogen-bond donors (Lipinski definition) is 0. The number of fused-ring (bicyclic) bond motifs is 1. The summed E-state index contributed by atoms with van der Waals surface area (Å²) in [5.41, 5.74) is -0.697. The molecule has 0 amide bonds. The summed E-state index contributed by atoms with van der Waals surface area (Å²) in [6, 6.07) is 4.14. The van der Waals surface area contributed by atoms with Crippen molar-refractivity contribution in [3.8, 4) is 11.5 Å². The molecule has 0 saturated carbocycles. The van der Waals surface area contributed by atoms with Crippen molar-refractivity contribution in [2.75, 3.05) is 0 Å². The van der Waals surface area contributed by atoms with Crippen molar-refractivity contribution in [3.05, 3.63) is 53.4 Å². The molecule has 0 fully saturated rings. The van der Waals surface area contributed by atoms with Gasteiger partial charge in [-0.05, 0) is 18.2 Å². The Balaban J connectivity index is 2.04. The topological polar surface area (TPSA) is 18.5 Å². The molecule has 0 aromatic heterocycles. The lowest BCUT2D eigenvalue weighted by Crippen LogP contribution is -2.42. The zero-order valence-electron chi connectivity index (χ0n) is 9.59. The number of halogens is 5. The summed E-state index contributed by atoms with van der Waals surface area (Å²) >= 11 is 0. The van der Waals surface area contributed by atoms with Gasteiger partial charge in [-0.3, -0.25) is 0 Å². The molecule has 1 heterocycles. The maximum absolute atomic E-state index is 13.6. The lowest BCUT2D eigenvalue weighted by molar-refractivity contribution is 0.409. The van der Waals surface area contributed by atoms with Gasteiger partial charge < -0.3 is 9.31 Å². The van der Waals surface area contributed by atoms with Crippen molar-refractivity contribution >= 4 is 12.6 Å². The second-order valence-electron chi connectivity index (χ2n) is 4.02. The molecule has 0 spiro atoms. The fourth-order valence-electron chi connectivity index (χ4n) is 1.83. The van der Waals surface area contributed by atoms with Crippen LogP contribution in [-0.4, -0.2) is 7.12 Å². The van der Waals surface area contributed by atoms with Gasteiger partial charge in [0.1, 0.15) is 5.75 Å². The Kier molecular flexibility index (Phi) is 2.81. The summed E-state index contributed by atoms with van der Waals surface area (Å²) in [5.74, 6) is -8.28. The molecule has 0 bridgehead atoms. The van der Waals surface area contributed by atoms with Gasteiger partial charge in [-0.25, -0.2) is 22.0 Å².